The summed E-state index contributed by atoms with van der Waals surface area (Å²) in [5.41, 5.74) is 0. The van der Waals surface area contributed by atoms with E-state index in [9.17, 15) is 14.7 Å². The minimum Gasteiger partial charge on any atom is -0.438 e. The quantitative estimate of drug-likeness (QED) is 0.183. The number of ether oxygens (including phenoxy) is 3. The summed E-state index contributed by atoms with van der Waals surface area (Å²) in [6, 6.07) is -0.845. The first-order chi connectivity index (χ1) is 11.0. The van der Waals surface area contributed by atoms with Gasteiger partial charge in [-0.25, -0.2) is 0 Å². The van der Waals surface area contributed by atoms with E-state index < -0.39 is 30.3 Å². The predicted molar refractivity (Wildman–Crippen MR) is 85.8 cm³/mol. The van der Waals surface area contributed by atoms with E-state index in [4.69, 9.17) is 31.1 Å². The van der Waals surface area contributed by atoms with E-state index >= 15 is 0 Å². The number of carbonyl (C=O) groups excluding carboxylic acids is 2. The van der Waals surface area contributed by atoms with Gasteiger partial charge in [-0.05, 0) is 6.92 Å². The van der Waals surface area contributed by atoms with Crippen LogP contribution in [0, 0.1) is 0 Å². The first-order valence-corrected chi connectivity index (χ1v) is 9.78. The maximum Gasteiger partial charge on any atom is 0.308 e. The molecule has 0 aromatic rings. The maximum absolute atomic E-state index is 11.3. The van der Waals surface area contributed by atoms with Gasteiger partial charge in [0.2, 0.25) is 0 Å². The van der Waals surface area contributed by atoms with Gasteiger partial charge in [-0.3, -0.25) is 4.79 Å². The van der Waals surface area contributed by atoms with Gasteiger partial charge in [0.15, 0.2) is 6.79 Å². The van der Waals surface area contributed by atoms with Crippen LogP contribution in [0.3, 0.4) is 0 Å². The van der Waals surface area contributed by atoms with Gasteiger partial charge in [0.05, 0.1) is 30.0 Å². The van der Waals surface area contributed by atoms with Crippen LogP contribution in [-0.2, 0) is 32.8 Å². The SMILES string of the molecule is [B][C@@H]1O[C@H](COPPOC)C(O)[C@@H]1OCOC(=O)CCC(C)=O. The third-order valence-corrected chi connectivity index (χ3v) is 4.89. The van der Waals surface area contributed by atoms with Crippen LogP contribution < -0.4 is 0 Å². The molecule has 3 unspecified atom stereocenters. The Balaban J connectivity index is 2.25. The first kappa shape index (κ1) is 20.9. The van der Waals surface area contributed by atoms with Crippen LogP contribution in [0.5, 0.6) is 0 Å². The number of rotatable bonds is 11. The molecule has 1 N–H and O–H groups in total. The lowest BCUT2D eigenvalue weighted by Gasteiger charge is -2.19. The lowest BCUT2D eigenvalue weighted by Crippen LogP contribution is -2.37. The lowest BCUT2D eigenvalue weighted by molar-refractivity contribution is -0.166. The molecular formula is C12H21BO8P2. The molecule has 1 aliphatic rings. The third kappa shape index (κ3) is 7.99. The average molecular weight is 366 g/mol. The van der Waals surface area contributed by atoms with Crippen molar-refractivity contribution in [2.24, 2.45) is 0 Å². The van der Waals surface area contributed by atoms with Gasteiger partial charge in [0, 0.05) is 19.5 Å². The molecule has 0 amide bonds. The molecule has 1 heterocycles. The molecule has 0 aromatic carbocycles. The molecule has 1 saturated heterocycles. The molecule has 8 nitrogen and oxygen atoms in total. The van der Waals surface area contributed by atoms with Crippen molar-refractivity contribution in [3.05, 3.63) is 0 Å². The molecule has 11 heteroatoms. The summed E-state index contributed by atoms with van der Waals surface area (Å²) in [5, 5.41) is 10.1. The molecular weight excluding hydrogens is 345 g/mol. The second-order valence-electron chi connectivity index (χ2n) is 4.82. The minimum atomic E-state index is -0.989. The first-order valence-electron chi connectivity index (χ1n) is 6.96. The molecule has 0 spiro atoms. The summed E-state index contributed by atoms with van der Waals surface area (Å²) >= 11 is 0. The van der Waals surface area contributed by atoms with Gasteiger partial charge in [-0.1, -0.05) is 0 Å². The lowest BCUT2D eigenvalue weighted by atomic mass is 9.93. The Kier molecular flexibility index (Phi) is 10.4. The number of aliphatic hydroxyl groups excluding tert-OH is 1. The van der Waals surface area contributed by atoms with Crippen molar-refractivity contribution in [3.63, 3.8) is 0 Å². The monoisotopic (exact) mass is 366 g/mol. The van der Waals surface area contributed by atoms with Crippen molar-refractivity contribution >= 4 is 36.6 Å². The van der Waals surface area contributed by atoms with Crippen molar-refractivity contribution in [2.45, 2.75) is 44.1 Å². The molecule has 1 fully saturated rings. The molecule has 6 atom stereocenters. The number of esters is 1. The van der Waals surface area contributed by atoms with Crippen LogP contribution >= 0.6 is 17.0 Å². The summed E-state index contributed by atoms with van der Waals surface area (Å²) in [5.74, 6) is -0.647. The Bertz CT molecular complexity index is 386. The number of hydrogen-bond acceptors (Lipinski definition) is 8. The number of hydrogen-bond donors (Lipinski definition) is 1. The van der Waals surface area contributed by atoms with Crippen LogP contribution in [0.1, 0.15) is 19.8 Å². The zero-order chi connectivity index (χ0) is 17.2. The highest BCUT2D eigenvalue weighted by Gasteiger charge is 2.42. The topological polar surface area (TPSA) is 101 Å². The molecule has 0 bridgehead atoms. The van der Waals surface area contributed by atoms with Crippen LogP contribution in [0.4, 0.5) is 0 Å². The number of ketones is 1. The molecule has 0 saturated carbocycles. The summed E-state index contributed by atoms with van der Waals surface area (Å²) in [6.45, 7) is 1.20. The fourth-order valence-electron chi connectivity index (χ4n) is 1.82. The fourth-order valence-corrected chi connectivity index (χ4v) is 2.89. The Hall–Kier alpha value is -0.135. The zero-order valence-corrected chi connectivity index (χ0v) is 15.0. The minimum absolute atomic E-state index is 0.00780. The fraction of sp³-hybridized carbons (Fsp3) is 0.833. The van der Waals surface area contributed by atoms with Gasteiger partial charge in [-0.15, -0.1) is 0 Å². The smallest absolute Gasteiger partial charge is 0.308 e. The van der Waals surface area contributed by atoms with Crippen LogP contribution in [0.2, 0.25) is 0 Å². The molecule has 1 aliphatic heterocycles. The molecule has 0 aromatic heterocycles. The Morgan fingerprint density at radius 2 is 2.04 bits per heavy atom. The van der Waals surface area contributed by atoms with E-state index in [1.54, 1.807) is 7.11 Å². The molecule has 130 valence electrons. The Morgan fingerprint density at radius 1 is 1.30 bits per heavy atom. The molecule has 0 aliphatic carbocycles. The molecule has 2 radical (unpaired) electrons. The van der Waals surface area contributed by atoms with E-state index in [0.29, 0.717) is 0 Å². The normalized spacial score (nSPS) is 28.1. The second kappa shape index (κ2) is 11.4. The van der Waals surface area contributed by atoms with E-state index in [1.165, 1.54) is 6.92 Å². The third-order valence-electron chi connectivity index (χ3n) is 3.00. The Labute approximate surface area is 139 Å². The highest BCUT2D eigenvalue weighted by Crippen LogP contribution is 2.38. The Morgan fingerprint density at radius 3 is 2.70 bits per heavy atom. The van der Waals surface area contributed by atoms with E-state index in [0.717, 1.165) is 0 Å². The van der Waals surface area contributed by atoms with Crippen molar-refractivity contribution in [1.29, 1.82) is 0 Å². The predicted octanol–water partition coefficient (Wildman–Crippen LogP) is 0.261. The van der Waals surface area contributed by atoms with Crippen LogP contribution in [0.15, 0.2) is 0 Å². The van der Waals surface area contributed by atoms with E-state index in [-0.39, 0.29) is 49.0 Å². The molecule has 1 rings (SSSR count). The highest BCUT2D eigenvalue weighted by atomic mass is 32.0. The van der Waals surface area contributed by atoms with Gasteiger partial charge in [-0.2, -0.15) is 0 Å². The summed E-state index contributed by atoms with van der Waals surface area (Å²) in [7, 11) is 7.71. The largest absolute Gasteiger partial charge is 0.438 e. The average Bonchev–Trinajstić information content (AvgIpc) is 2.77. The number of aliphatic hydroxyl groups is 1. The zero-order valence-electron chi connectivity index (χ0n) is 13.0. The van der Waals surface area contributed by atoms with E-state index in [1.807, 2.05) is 0 Å². The number of Topliss-reactive ketones (excluding diaryl/α,β-unsaturated/α-hetero) is 1. The van der Waals surface area contributed by atoms with Gasteiger partial charge in [0.25, 0.3) is 0 Å². The standard InChI is InChI=1S/C12H21BO8P2/c1-7(14)3-4-9(15)18-6-19-11-10(16)8(21-12(11)13)5-20-23-22-17-2/h8,10-12,16,22-23H,3-6H2,1-2H3/t8-,10?,11+,12-/m1/s1. The summed E-state index contributed by atoms with van der Waals surface area (Å²) in [6.07, 6.45) is -2.31. The van der Waals surface area contributed by atoms with Crippen molar-refractivity contribution < 1.29 is 38.0 Å². The van der Waals surface area contributed by atoms with Gasteiger partial charge >= 0.3 is 5.97 Å². The molecule has 23 heavy (non-hydrogen) atoms. The van der Waals surface area contributed by atoms with Crippen LogP contribution in [-0.4, -0.2) is 69.5 Å². The number of carbonyl (C=O) groups is 2. The second-order valence-corrected chi connectivity index (χ2v) is 7.15. The van der Waals surface area contributed by atoms with E-state index in [2.05, 4.69) is 0 Å². The van der Waals surface area contributed by atoms with Crippen LogP contribution in [0.25, 0.3) is 0 Å². The highest BCUT2D eigenvalue weighted by molar-refractivity contribution is 8.07. The summed E-state index contributed by atoms with van der Waals surface area (Å²) < 4.78 is 25.6. The van der Waals surface area contributed by atoms with Crippen molar-refractivity contribution in [2.75, 3.05) is 20.5 Å². The van der Waals surface area contributed by atoms with Crippen molar-refractivity contribution in [3.8, 4) is 0 Å². The summed E-state index contributed by atoms with van der Waals surface area (Å²) in [4.78, 5) is 22.1. The van der Waals surface area contributed by atoms with Crippen molar-refractivity contribution in [1.82, 2.24) is 0 Å². The maximum atomic E-state index is 11.3. The van der Waals surface area contributed by atoms with Gasteiger partial charge < -0.3 is 33.2 Å². The van der Waals surface area contributed by atoms with Gasteiger partial charge in [0.1, 0.15) is 31.9 Å².